The maximum atomic E-state index is 13.0. The fourth-order valence-corrected chi connectivity index (χ4v) is 3.57. The van der Waals surface area contributed by atoms with Gasteiger partial charge in [0.1, 0.15) is 10.8 Å². The number of carbonyl (C=O) groups is 1. The van der Waals surface area contributed by atoms with E-state index < -0.39 is 0 Å². The van der Waals surface area contributed by atoms with Crippen LogP contribution in [0.25, 0.3) is 11.4 Å². The van der Waals surface area contributed by atoms with E-state index in [2.05, 4.69) is 25.7 Å². The molecule has 136 valence electrons. The molecule has 0 aliphatic rings. The maximum Gasteiger partial charge on any atom is 0.236 e. The predicted octanol–water partition coefficient (Wildman–Crippen LogP) is 3.33. The Morgan fingerprint density at radius 2 is 1.96 bits per heavy atom. The Morgan fingerprint density at radius 1 is 1.23 bits per heavy atom. The summed E-state index contributed by atoms with van der Waals surface area (Å²) in [4.78, 5) is 12.1. The van der Waals surface area contributed by atoms with Gasteiger partial charge >= 0.3 is 0 Å². The van der Waals surface area contributed by atoms with Crippen LogP contribution in [0, 0.1) is 5.82 Å². The van der Waals surface area contributed by atoms with E-state index in [0.717, 1.165) is 10.6 Å². The van der Waals surface area contributed by atoms with E-state index in [0.29, 0.717) is 16.1 Å². The molecule has 0 saturated carbocycles. The van der Waals surface area contributed by atoms with E-state index in [-0.39, 0.29) is 23.4 Å². The number of carbonyl (C=O) groups excluding carboxylic acids is 1. The van der Waals surface area contributed by atoms with E-state index in [4.69, 9.17) is 0 Å². The number of hydrogen-bond donors (Lipinski definition) is 1. The molecule has 2 heterocycles. The van der Waals surface area contributed by atoms with Gasteiger partial charge in [-0.05, 0) is 24.3 Å². The van der Waals surface area contributed by atoms with Crippen LogP contribution >= 0.6 is 23.1 Å². The van der Waals surface area contributed by atoms with E-state index in [1.54, 1.807) is 23.7 Å². The first-order valence-electron chi connectivity index (χ1n) is 7.85. The molecule has 1 aromatic carbocycles. The van der Waals surface area contributed by atoms with E-state index in [1.807, 2.05) is 13.8 Å². The van der Waals surface area contributed by atoms with Gasteiger partial charge in [-0.2, -0.15) is 0 Å². The average molecular weight is 392 g/mol. The number of rotatable bonds is 6. The molecule has 0 aliphatic heterocycles. The van der Waals surface area contributed by atoms with E-state index in [1.165, 1.54) is 35.2 Å². The number of halogens is 1. The Hall–Kier alpha value is -2.33. The summed E-state index contributed by atoms with van der Waals surface area (Å²) in [5.41, 5.74) is 0.757. The number of nitrogens with zero attached hydrogens (tertiary/aromatic N) is 5. The van der Waals surface area contributed by atoms with Crippen molar-refractivity contribution in [1.82, 2.24) is 25.0 Å². The monoisotopic (exact) mass is 392 g/mol. The van der Waals surface area contributed by atoms with Crippen LogP contribution in [0.2, 0.25) is 0 Å². The molecule has 10 heteroatoms. The predicted molar refractivity (Wildman–Crippen MR) is 99.7 cm³/mol. The highest BCUT2D eigenvalue weighted by Crippen LogP contribution is 2.24. The van der Waals surface area contributed by atoms with Crippen LogP contribution in [-0.2, 0) is 11.8 Å². The minimum Gasteiger partial charge on any atom is -0.305 e. The third-order valence-corrected chi connectivity index (χ3v) is 5.61. The maximum absolute atomic E-state index is 13.0. The molecule has 0 spiro atoms. The molecule has 1 N–H and O–H groups in total. The summed E-state index contributed by atoms with van der Waals surface area (Å²) in [6.45, 7) is 4.05. The smallest absolute Gasteiger partial charge is 0.236 e. The molecule has 1 amide bonds. The molecular weight excluding hydrogens is 375 g/mol. The summed E-state index contributed by atoms with van der Waals surface area (Å²) in [7, 11) is 1.80. The molecule has 0 radical (unpaired) electrons. The average Bonchev–Trinajstić information content (AvgIpc) is 3.21. The third-order valence-electron chi connectivity index (χ3n) is 3.45. The van der Waals surface area contributed by atoms with Crippen molar-refractivity contribution in [1.29, 1.82) is 0 Å². The minimum atomic E-state index is -0.306. The summed E-state index contributed by atoms with van der Waals surface area (Å²) in [5.74, 6) is 0.563. The first kappa shape index (κ1) is 18.5. The Kier molecular flexibility index (Phi) is 5.62. The zero-order chi connectivity index (χ0) is 18.7. The van der Waals surface area contributed by atoms with Crippen LogP contribution in [-0.4, -0.2) is 36.6 Å². The Balaban J connectivity index is 1.61. The van der Waals surface area contributed by atoms with Gasteiger partial charge in [0.25, 0.3) is 0 Å². The van der Waals surface area contributed by atoms with Gasteiger partial charge in [0, 0.05) is 18.5 Å². The van der Waals surface area contributed by atoms with Gasteiger partial charge in [0.15, 0.2) is 11.0 Å². The molecule has 3 aromatic rings. The van der Waals surface area contributed by atoms with Gasteiger partial charge in [0.05, 0.1) is 5.75 Å². The number of nitrogens with one attached hydrogen (secondary N) is 1. The van der Waals surface area contributed by atoms with Crippen LogP contribution in [0.5, 0.6) is 0 Å². The van der Waals surface area contributed by atoms with Crippen molar-refractivity contribution < 1.29 is 9.18 Å². The van der Waals surface area contributed by atoms with Crippen LogP contribution in [0.15, 0.2) is 29.4 Å². The first-order chi connectivity index (χ1) is 12.4. The topological polar surface area (TPSA) is 85.6 Å². The van der Waals surface area contributed by atoms with Crippen molar-refractivity contribution >= 4 is 34.1 Å². The van der Waals surface area contributed by atoms with E-state index >= 15 is 0 Å². The zero-order valence-electron chi connectivity index (χ0n) is 14.4. The second kappa shape index (κ2) is 7.92. The molecule has 3 rings (SSSR count). The van der Waals surface area contributed by atoms with Crippen LogP contribution in [0.1, 0.15) is 24.8 Å². The molecule has 2 aromatic heterocycles. The van der Waals surface area contributed by atoms with Crippen molar-refractivity contribution in [2.45, 2.75) is 24.9 Å². The second-order valence-corrected chi connectivity index (χ2v) is 7.76. The quantitative estimate of drug-likeness (QED) is 0.648. The van der Waals surface area contributed by atoms with Gasteiger partial charge in [0.2, 0.25) is 11.0 Å². The summed E-state index contributed by atoms with van der Waals surface area (Å²) in [6, 6.07) is 6.03. The molecule has 0 aliphatic carbocycles. The van der Waals surface area contributed by atoms with Crippen LogP contribution < -0.4 is 5.32 Å². The van der Waals surface area contributed by atoms with Crippen molar-refractivity contribution in [2.75, 3.05) is 11.1 Å². The van der Waals surface area contributed by atoms with Gasteiger partial charge in [-0.1, -0.05) is 36.9 Å². The molecule has 0 bridgehead atoms. The summed E-state index contributed by atoms with van der Waals surface area (Å²) in [5, 5.41) is 20.9. The highest BCUT2D eigenvalue weighted by atomic mass is 32.2. The van der Waals surface area contributed by atoms with Crippen molar-refractivity contribution in [2.24, 2.45) is 7.05 Å². The lowest BCUT2D eigenvalue weighted by Crippen LogP contribution is -2.14. The molecule has 0 saturated heterocycles. The Bertz CT molecular complexity index is 906. The largest absolute Gasteiger partial charge is 0.305 e. The van der Waals surface area contributed by atoms with Gasteiger partial charge in [-0.3, -0.25) is 10.1 Å². The van der Waals surface area contributed by atoms with Crippen molar-refractivity contribution in [3.63, 3.8) is 0 Å². The molecule has 7 nitrogen and oxygen atoms in total. The number of aromatic nitrogens is 5. The molecular formula is C16H17FN6OS2. The van der Waals surface area contributed by atoms with Crippen LogP contribution in [0.4, 0.5) is 9.52 Å². The molecule has 0 atom stereocenters. The number of benzene rings is 1. The summed E-state index contributed by atoms with van der Waals surface area (Å²) >= 11 is 2.64. The second-order valence-electron chi connectivity index (χ2n) is 5.81. The first-order valence-corrected chi connectivity index (χ1v) is 9.65. The molecule has 26 heavy (non-hydrogen) atoms. The van der Waals surface area contributed by atoms with Crippen molar-refractivity contribution in [3.8, 4) is 11.4 Å². The lowest BCUT2D eigenvalue weighted by molar-refractivity contribution is -0.113. The highest BCUT2D eigenvalue weighted by molar-refractivity contribution is 7.99. The fraction of sp³-hybridized carbons (Fsp3) is 0.312. The molecule has 0 fully saturated rings. The van der Waals surface area contributed by atoms with Crippen LogP contribution in [0.3, 0.4) is 0 Å². The van der Waals surface area contributed by atoms with Gasteiger partial charge in [-0.15, -0.1) is 20.4 Å². The standard InChI is InChI=1S/C16H17FN6OS2/c1-9(2)14-20-21-15(26-14)18-12(24)8-25-16-22-19-13(23(16)3)10-4-6-11(17)7-5-10/h4-7,9H,8H2,1-3H3,(H,18,21,24). The highest BCUT2D eigenvalue weighted by Gasteiger charge is 2.14. The number of anilines is 1. The lowest BCUT2D eigenvalue weighted by atomic mass is 10.2. The Morgan fingerprint density at radius 3 is 2.62 bits per heavy atom. The summed E-state index contributed by atoms with van der Waals surface area (Å²) < 4.78 is 14.8. The van der Waals surface area contributed by atoms with E-state index in [9.17, 15) is 9.18 Å². The normalized spacial score (nSPS) is 11.1. The SMILES string of the molecule is CC(C)c1nnc(NC(=O)CSc2nnc(-c3ccc(F)cc3)n2C)s1. The lowest BCUT2D eigenvalue weighted by Gasteiger charge is -2.04. The zero-order valence-corrected chi connectivity index (χ0v) is 16.1. The van der Waals surface area contributed by atoms with Gasteiger partial charge < -0.3 is 4.57 Å². The van der Waals surface area contributed by atoms with Crippen molar-refractivity contribution in [3.05, 3.63) is 35.1 Å². The number of thioether (sulfide) groups is 1. The number of amides is 1. The third kappa shape index (κ3) is 4.25. The fourth-order valence-electron chi connectivity index (χ4n) is 2.09. The Labute approximate surface area is 158 Å². The number of hydrogen-bond acceptors (Lipinski definition) is 7. The minimum absolute atomic E-state index is 0.173. The van der Waals surface area contributed by atoms with Gasteiger partial charge in [-0.25, -0.2) is 4.39 Å². The summed E-state index contributed by atoms with van der Waals surface area (Å²) in [6.07, 6.45) is 0. The molecule has 0 unspecified atom stereocenters.